The minimum absolute atomic E-state index is 0.0121. The van der Waals surface area contributed by atoms with Crippen molar-refractivity contribution in [3.63, 3.8) is 0 Å². The molecule has 1 heterocycles. The van der Waals surface area contributed by atoms with Gasteiger partial charge in [0.2, 0.25) is 5.78 Å². The van der Waals surface area contributed by atoms with Crippen LogP contribution in [0.2, 0.25) is 0 Å². The van der Waals surface area contributed by atoms with Crippen LogP contribution in [0.15, 0.2) is 36.2 Å². The zero-order valence-corrected chi connectivity index (χ0v) is 7.95. The van der Waals surface area contributed by atoms with E-state index in [2.05, 4.69) is 5.32 Å². The molecule has 0 aromatic heterocycles. The van der Waals surface area contributed by atoms with Gasteiger partial charge in [-0.25, -0.2) is 0 Å². The fourth-order valence-corrected chi connectivity index (χ4v) is 0.936. The standard InChI is InChI=1S/C10H14N2O/c1-12(2)8-6-10(13)9-5-3-4-7-11-9/h3-6,8,11H,7H2,1-2H3/b8-6+. The van der Waals surface area contributed by atoms with E-state index < -0.39 is 0 Å². The van der Waals surface area contributed by atoms with Crippen LogP contribution in [0, 0.1) is 0 Å². The van der Waals surface area contributed by atoms with Crippen LogP contribution < -0.4 is 5.32 Å². The topological polar surface area (TPSA) is 32.3 Å². The number of rotatable bonds is 3. The van der Waals surface area contributed by atoms with Gasteiger partial charge in [-0.2, -0.15) is 0 Å². The molecule has 0 bridgehead atoms. The molecule has 3 heteroatoms. The number of carbonyl (C=O) groups excluding carboxylic acids is 1. The van der Waals surface area contributed by atoms with Gasteiger partial charge in [0, 0.05) is 32.9 Å². The second-order valence-corrected chi connectivity index (χ2v) is 3.03. The minimum Gasteiger partial charge on any atom is -0.383 e. The maximum Gasteiger partial charge on any atom is 0.203 e. The highest BCUT2D eigenvalue weighted by atomic mass is 16.1. The Bertz CT molecular complexity index is 275. The molecule has 1 aliphatic heterocycles. The summed E-state index contributed by atoms with van der Waals surface area (Å²) >= 11 is 0. The van der Waals surface area contributed by atoms with Crippen molar-refractivity contribution in [1.82, 2.24) is 10.2 Å². The van der Waals surface area contributed by atoms with Gasteiger partial charge in [0.25, 0.3) is 0 Å². The molecule has 0 aromatic rings. The van der Waals surface area contributed by atoms with Gasteiger partial charge in [-0.05, 0) is 6.08 Å². The van der Waals surface area contributed by atoms with E-state index in [1.165, 1.54) is 0 Å². The summed E-state index contributed by atoms with van der Waals surface area (Å²) < 4.78 is 0. The van der Waals surface area contributed by atoms with Crippen molar-refractivity contribution in [2.75, 3.05) is 20.6 Å². The molecule has 0 spiro atoms. The molecule has 0 unspecified atom stereocenters. The maximum absolute atomic E-state index is 11.4. The number of hydrogen-bond donors (Lipinski definition) is 1. The van der Waals surface area contributed by atoms with Crippen molar-refractivity contribution in [2.45, 2.75) is 0 Å². The van der Waals surface area contributed by atoms with Crippen molar-refractivity contribution < 1.29 is 4.79 Å². The van der Waals surface area contributed by atoms with Crippen LogP contribution in [0.1, 0.15) is 0 Å². The number of allylic oxidation sites excluding steroid dienone is 3. The summed E-state index contributed by atoms with van der Waals surface area (Å²) in [5.41, 5.74) is 0.653. The summed E-state index contributed by atoms with van der Waals surface area (Å²) in [5.74, 6) is 0.0121. The van der Waals surface area contributed by atoms with Crippen LogP contribution in [0.5, 0.6) is 0 Å². The Morgan fingerprint density at radius 2 is 2.38 bits per heavy atom. The molecule has 70 valence electrons. The van der Waals surface area contributed by atoms with Gasteiger partial charge in [-0.1, -0.05) is 12.2 Å². The van der Waals surface area contributed by atoms with E-state index >= 15 is 0 Å². The molecule has 0 atom stereocenters. The van der Waals surface area contributed by atoms with Crippen molar-refractivity contribution in [1.29, 1.82) is 0 Å². The molecular formula is C10H14N2O. The fourth-order valence-electron chi connectivity index (χ4n) is 0.936. The number of ketones is 1. The predicted molar refractivity (Wildman–Crippen MR) is 53.1 cm³/mol. The number of carbonyl (C=O) groups is 1. The van der Waals surface area contributed by atoms with E-state index in [1.54, 1.807) is 18.4 Å². The monoisotopic (exact) mass is 178 g/mol. The number of nitrogens with zero attached hydrogens (tertiary/aromatic N) is 1. The first-order valence-electron chi connectivity index (χ1n) is 4.20. The van der Waals surface area contributed by atoms with Crippen molar-refractivity contribution in [3.8, 4) is 0 Å². The Hall–Kier alpha value is -1.51. The molecule has 0 radical (unpaired) electrons. The van der Waals surface area contributed by atoms with Gasteiger partial charge < -0.3 is 10.2 Å². The van der Waals surface area contributed by atoms with Gasteiger partial charge in [0.15, 0.2) is 0 Å². The lowest BCUT2D eigenvalue weighted by Gasteiger charge is -2.09. The van der Waals surface area contributed by atoms with Crippen LogP contribution in [-0.2, 0) is 4.79 Å². The van der Waals surface area contributed by atoms with Crippen molar-refractivity contribution in [2.24, 2.45) is 0 Å². The van der Waals surface area contributed by atoms with E-state index in [-0.39, 0.29) is 5.78 Å². The lowest BCUT2D eigenvalue weighted by molar-refractivity contribution is -0.111. The molecule has 0 fully saturated rings. The number of dihydropyridines is 1. The second kappa shape index (κ2) is 4.50. The zero-order valence-electron chi connectivity index (χ0n) is 7.95. The summed E-state index contributed by atoms with van der Waals surface area (Å²) in [6.07, 6.45) is 8.92. The largest absolute Gasteiger partial charge is 0.383 e. The molecule has 1 aliphatic rings. The summed E-state index contributed by atoms with van der Waals surface area (Å²) in [5, 5.41) is 3.00. The number of hydrogen-bond acceptors (Lipinski definition) is 3. The normalized spacial score (nSPS) is 15.4. The SMILES string of the molecule is CN(C)/C=C/C(=O)C1=CC=CCN1. The third-order valence-electron chi connectivity index (χ3n) is 1.60. The Labute approximate surface area is 78.4 Å². The van der Waals surface area contributed by atoms with E-state index in [9.17, 15) is 4.79 Å². The Kier molecular flexibility index (Phi) is 3.31. The lowest BCUT2D eigenvalue weighted by atomic mass is 10.2. The zero-order chi connectivity index (χ0) is 9.68. The van der Waals surface area contributed by atoms with Gasteiger partial charge in [0.1, 0.15) is 0 Å². The molecule has 0 aromatic carbocycles. The summed E-state index contributed by atoms with van der Waals surface area (Å²) in [6.45, 7) is 0.730. The molecule has 0 saturated carbocycles. The molecule has 0 saturated heterocycles. The highest BCUT2D eigenvalue weighted by Gasteiger charge is 2.05. The molecule has 0 amide bonds. The molecule has 3 nitrogen and oxygen atoms in total. The molecule has 1 rings (SSSR count). The third kappa shape index (κ3) is 3.15. The molecular weight excluding hydrogens is 164 g/mol. The first-order chi connectivity index (χ1) is 6.20. The summed E-state index contributed by atoms with van der Waals surface area (Å²) in [6, 6.07) is 0. The van der Waals surface area contributed by atoms with Gasteiger partial charge in [-0.3, -0.25) is 4.79 Å². The van der Waals surface area contributed by atoms with E-state index in [1.807, 2.05) is 31.1 Å². The predicted octanol–water partition coefficient (Wildman–Crippen LogP) is 0.674. The van der Waals surface area contributed by atoms with E-state index in [0.717, 1.165) is 6.54 Å². The number of nitrogens with one attached hydrogen (secondary N) is 1. The van der Waals surface area contributed by atoms with Crippen LogP contribution in [0.25, 0.3) is 0 Å². The van der Waals surface area contributed by atoms with E-state index in [0.29, 0.717) is 5.70 Å². The fraction of sp³-hybridized carbons (Fsp3) is 0.300. The highest BCUT2D eigenvalue weighted by molar-refractivity contribution is 6.03. The minimum atomic E-state index is 0.0121. The summed E-state index contributed by atoms with van der Waals surface area (Å²) in [4.78, 5) is 13.3. The molecule has 1 N–H and O–H groups in total. The average Bonchev–Trinajstić information content (AvgIpc) is 2.15. The second-order valence-electron chi connectivity index (χ2n) is 3.03. The highest BCUT2D eigenvalue weighted by Crippen LogP contribution is 1.98. The van der Waals surface area contributed by atoms with Crippen LogP contribution in [-0.4, -0.2) is 31.3 Å². The Morgan fingerprint density at radius 1 is 1.62 bits per heavy atom. The van der Waals surface area contributed by atoms with Crippen molar-refractivity contribution >= 4 is 5.78 Å². The average molecular weight is 178 g/mol. The first-order valence-corrected chi connectivity index (χ1v) is 4.20. The van der Waals surface area contributed by atoms with Crippen LogP contribution in [0.4, 0.5) is 0 Å². The van der Waals surface area contributed by atoms with E-state index in [4.69, 9.17) is 0 Å². The maximum atomic E-state index is 11.4. The van der Waals surface area contributed by atoms with Gasteiger partial charge in [0.05, 0.1) is 5.70 Å². The van der Waals surface area contributed by atoms with Crippen LogP contribution >= 0.6 is 0 Å². The first kappa shape index (κ1) is 9.58. The quantitative estimate of drug-likeness (QED) is 0.645. The van der Waals surface area contributed by atoms with Gasteiger partial charge >= 0.3 is 0 Å². The molecule has 0 aliphatic carbocycles. The Balaban J connectivity index is 2.57. The third-order valence-corrected chi connectivity index (χ3v) is 1.60. The Morgan fingerprint density at radius 3 is 2.92 bits per heavy atom. The van der Waals surface area contributed by atoms with Crippen LogP contribution in [0.3, 0.4) is 0 Å². The molecule has 13 heavy (non-hydrogen) atoms. The van der Waals surface area contributed by atoms with Gasteiger partial charge in [-0.15, -0.1) is 0 Å². The lowest BCUT2D eigenvalue weighted by Crippen LogP contribution is -2.21. The summed E-state index contributed by atoms with van der Waals surface area (Å²) in [7, 11) is 3.76. The smallest absolute Gasteiger partial charge is 0.203 e. The van der Waals surface area contributed by atoms with Crippen molar-refractivity contribution in [3.05, 3.63) is 36.2 Å².